The molecule has 0 aromatic rings. The molecule has 1 heterocycles. The largest absolute Gasteiger partial charge is 0.300 e. The number of hydrogen-bond donors (Lipinski definition) is 0. The summed E-state index contributed by atoms with van der Waals surface area (Å²) in [4.78, 5) is 4.73. The van der Waals surface area contributed by atoms with Crippen LogP contribution in [0, 0.1) is 23.2 Å². The third-order valence-corrected chi connectivity index (χ3v) is 3.11. The highest BCUT2D eigenvalue weighted by molar-refractivity contribution is 4.96. The van der Waals surface area contributed by atoms with Gasteiger partial charge in [0, 0.05) is 39.1 Å². The van der Waals surface area contributed by atoms with Crippen molar-refractivity contribution in [3.8, 4) is 17.9 Å². The lowest BCUT2D eigenvalue weighted by Crippen LogP contribution is -2.49. The zero-order valence-electron chi connectivity index (χ0n) is 10.4. The SMILES string of the molecule is CC#CCCN1CCN(C(C#N)CC)CC1. The first-order chi connectivity index (χ1) is 7.81. The van der Waals surface area contributed by atoms with Crippen LogP contribution in [-0.2, 0) is 0 Å². The predicted octanol–water partition coefficient (Wildman–Crippen LogP) is 1.32. The Morgan fingerprint density at radius 2 is 1.94 bits per heavy atom. The predicted molar refractivity (Wildman–Crippen MR) is 65.8 cm³/mol. The van der Waals surface area contributed by atoms with E-state index in [1.54, 1.807) is 0 Å². The second-order valence-corrected chi connectivity index (χ2v) is 4.11. The molecule has 88 valence electrons. The Kier molecular flexibility index (Phi) is 5.93. The molecule has 0 amide bonds. The van der Waals surface area contributed by atoms with Crippen molar-refractivity contribution in [2.45, 2.75) is 32.7 Å². The minimum absolute atomic E-state index is 0.109. The smallest absolute Gasteiger partial charge is 0.0976 e. The summed E-state index contributed by atoms with van der Waals surface area (Å²) in [7, 11) is 0. The topological polar surface area (TPSA) is 30.3 Å². The van der Waals surface area contributed by atoms with Crippen LogP contribution < -0.4 is 0 Å². The molecule has 0 N–H and O–H groups in total. The summed E-state index contributed by atoms with van der Waals surface area (Å²) in [5.74, 6) is 6.02. The zero-order chi connectivity index (χ0) is 11.8. The second kappa shape index (κ2) is 7.28. The van der Waals surface area contributed by atoms with Crippen LogP contribution in [0.2, 0.25) is 0 Å². The summed E-state index contributed by atoms with van der Waals surface area (Å²) in [5.41, 5.74) is 0. The van der Waals surface area contributed by atoms with Gasteiger partial charge >= 0.3 is 0 Å². The van der Waals surface area contributed by atoms with Crippen LogP contribution in [-0.4, -0.2) is 48.6 Å². The molecule has 0 aromatic heterocycles. The average Bonchev–Trinajstić information content (AvgIpc) is 2.33. The van der Waals surface area contributed by atoms with Crippen molar-refractivity contribution in [1.82, 2.24) is 9.80 Å². The Morgan fingerprint density at radius 1 is 1.25 bits per heavy atom. The third-order valence-electron chi connectivity index (χ3n) is 3.11. The molecule has 1 aliphatic heterocycles. The first-order valence-corrected chi connectivity index (χ1v) is 6.07. The molecule has 0 radical (unpaired) electrons. The molecule has 16 heavy (non-hydrogen) atoms. The van der Waals surface area contributed by atoms with E-state index >= 15 is 0 Å². The Bertz CT molecular complexity index is 287. The van der Waals surface area contributed by atoms with E-state index in [0.717, 1.165) is 45.6 Å². The molecule has 0 spiro atoms. The van der Waals surface area contributed by atoms with E-state index in [1.165, 1.54) is 0 Å². The molecule has 1 fully saturated rings. The van der Waals surface area contributed by atoms with Crippen molar-refractivity contribution in [2.75, 3.05) is 32.7 Å². The lowest BCUT2D eigenvalue weighted by Gasteiger charge is -2.36. The Morgan fingerprint density at radius 3 is 2.44 bits per heavy atom. The number of nitrogens with zero attached hydrogens (tertiary/aromatic N) is 3. The molecule has 1 unspecified atom stereocenters. The van der Waals surface area contributed by atoms with Crippen LogP contribution in [0.1, 0.15) is 26.7 Å². The quantitative estimate of drug-likeness (QED) is 0.668. The minimum atomic E-state index is 0.109. The molecule has 1 rings (SSSR count). The average molecular weight is 219 g/mol. The zero-order valence-corrected chi connectivity index (χ0v) is 10.4. The van der Waals surface area contributed by atoms with E-state index in [2.05, 4.69) is 34.6 Å². The normalized spacial score (nSPS) is 19.6. The summed E-state index contributed by atoms with van der Waals surface area (Å²) in [6.45, 7) is 9.22. The Labute approximate surface area is 99.0 Å². The van der Waals surface area contributed by atoms with Gasteiger partial charge in [-0.25, -0.2) is 0 Å². The van der Waals surface area contributed by atoms with Gasteiger partial charge in [0.05, 0.1) is 12.1 Å². The monoisotopic (exact) mass is 219 g/mol. The number of piperazine rings is 1. The van der Waals surface area contributed by atoms with Crippen molar-refractivity contribution < 1.29 is 0 Å². The molecule has 0 saturated carbocycles. The lowest BCUT2D eigenvalue weighted by molar-refractivity contribution is 0.114. The van der Waals surface area contributed by atoms with Crippen molar-refractivity contribution >= 4 is 0 Å². The Hall–Kier alpha value is -1.03. The van der Waals surface area contributed by atoms with E-state index in [4.69, 9.17) is 5.26 Å². The van der Waals surface area contributed by atoms with Gasteiger partial charge in [0.1, 0.15) is 0 Å². The van der Waals surface area contributed by atoms with Crippen LogP contribution in [0.5, 0.6) is 0 Å². The molecule has 0 aromatic carbocycles. The maximum atomic E-state index is 8.99. The Balaban J connectivity index is 2.27. The van der Waals surface area contributed by atoms with E-state index in [9.17, 15) is 0 Å². The first-order valence-electron chi connectivity index (χ1n) is 6.07. The summed E-state index contributed by atoms with van der Waals surface area (Å²) in [6, 6.07) is 2.48. The maximum absolute atomic E-state index is 8.99. The molecule has 1 saturated heterocycles. The first kappa shape index (κ1) is 13.0. The molecule has 1 aliphatic rings. The van der Waals surface area contributed by atoms with E-state index in [1.807, 2.05) is 6.92 Å². The fraction of sp³-hybridized carbons (Fsp3) is 0.769. The van der Waals surface area contributed by atoms with Crippen molar-refractivity contribution in [3.05, 3.63) is 0 Å². The van der Waals surface area contributed by atoms with Crippen LogP contribution >= 0.6 is 0 Å². The van der Waals surface area contributed by atoms with Crippen molar-refractivity contribution in [3.63, 3.8) is 0 Å². The molecule has 0 bridgehead atoms. The van der Waals surface area contributed by atoms with Gasteiger partial charge < -0.3 is 0 Å². The van der Waals surface area contributed by atoms with Gasteiger partial charge in [0.25, 0.3) is 0 Å². The van der Waals surface area contributed by atoms with Gasteiger partial charge in [-0.15, -0.1) is 11.8 Å². The van der Waals surface area contributed by atoms with E-state index in [-0.39, 0.29) is 6.04 Å². The minimum Gasteiger partial charge on any atom is -0.300 e. The molecular formula is C13H21N3. The summed E-state index contributed by atoms with van der Waals surface area (Å²) < 4.78 is 0. The number of rotatable bonds is 4. The molecule has 1 atom stereocenters. The summed E-state index contributed by atoms with van der Waals surface area (Å²) in [5, 5.41) is 8.99. The van der Waals surface area contributed by atoms with Gasteiger partial charge in [0.2, 0.25) is 0 Å². The van der Waals surface area contributed by atoms with E-state index < -0.39 is 0 Å². The highest BCUT2D eigenvalue weighted by Crippen LogP contribution is 2.08. The van der Waals surface area contributed by atoms with Gasteiger partial charge in [-0.3, -0.25) is 9.80 Å². The van der Waals surface area contributed by atoms with Crippen LogP contribution in [0.3, 0.4) is 0 Å². The summed E-state index contributed by atoms with van der Waals surface area (Å²) in [6.07, 6.45) is 1.89. The highest BCUT2D eigenvalue weighted by Gasteiger charge is 2.21. The van der Waals surface area contributed by atoms with Crippen molar-refractivity contribution in [1.29, 1.82) is 5.26 Å². The molecule has 3 heteroatoms. The standard InChI is InChI=1S/C13H21N3/c1-3-5-6-7-15-8-10-16(11-9-15)13(4-2)12-14/h13H,4,6-11H2,1-2H3. The summed E-state index contributed by atoms with van der Waals surface area (Å²) >= 11 is 0. The molecule has 0 aliphatic carbocycles. The van der Waals surface area contributed by atoms with Gasteiger partial charge in [-0.05, 0) is 13.3 Å². The second-order valence-electron chi connectivity index (χ2n) is 4.11. The van der Waals surface area contributed by atoms with Crippen molar-refractivity contribution in [2.24, 2.45) is 0 Å². The molecule has 3 nitrogen and oxygen atoms in total. The van der Waals surface area contributed by atoms with E-state index in [0.29, 0.717) is 0 Å². The fourth-order valence-corrected chi connectivity index (χ4v) is 2.07. The van der Waals surface area contributed by atoms with Crippen LogP contribution in [0.4, 0.5) is 0 Å². The number of hydrogen-bond acceptors (Lipinski definition) is 3. The van der Waals surface area contributed by atoms with Crippen LogP contribution in [0.25, 0.3) is 0 Å². The maximum Gasteiger partial charge on any atom is 0.0976 e. The fourth-order valence-electron chi connectivity index (χ4n) is 2.07. The van der Waals surface area contributed by atoms with Crippen LogP contribution in [0.15, 0.2) is 0 Å². The lowest BCUT2D eigenvalue weighted by atomic mass is 10.2. The highest BCUT2D eigenvalue weighted by atomic mass is 15.3. The van der Waals surface area contributed by atoms with Gasteiger partial charge in [-0.1, -0.05) is 6.92 Å². The molecular weight excluding hydrogens is 198 g/mol. The van der Waals surface area contributed by atoms with Gasteiger partial charge in [-0.2, -0.15) is 5.26 Å². The van der Waals surface area contributed by atoms with Gasteiger partial charge in [0.15, 0.2) is 0 Å². The number of nitriles is 1. The third kappa shape index (κ3) is 3.85.